The van der Waals surface area contributed by atoms with Crippen molar-refractivity contribution >= 4 is 12.0 Å². The summed E-state index contributed by atoms with van der Waals surface area (Å²) in [5, 5.41) is 16.4. The number of nitrogens with one attached hydrogen (secondary N) is 2. The molecule has 3 atom stereocenters. The van der Waals surface area contributed by atoms with Crippen molar-refractivity contribution in [2.75, 3.05) is 13.1 Å². The molecule has 31 heavy (non-hydrogen) atoms. The molecule has 0 aromatic rings. The van der Waals surface area contributed by atoms with Gasteiger partial charge in [0.25, 0.3) is 5.91 Å². The van der Waals surface area contributed by atoms with Crippen LogP contribution in [0.4, 0.5) is 4.79 Å². The van der Waals surface area contributed by atoms with Crippen LogP contribution in [0.3, 0.4) is 0 Å². The fourth-order valence-electron chi connectivity index (χ4n) is 4.48. The van der Waals surface area contributed by atoms with Gasteiger partial charge in [0.15, 0.2) is 0 Å². The summed E-state index contributed by atoms with van der Waals surface area (Å²) in [4.78, 5) is 27.8. The lowest BCUT2D eigenvalue weighted by molar-refractivity contribution is -0.119. The second-order valence-corrected chi connectivity index (χ2v) is 10.2. The Morgan fingerprint density at radius 1 is 1.13 bits per heavy atom. The van der Waals surface area contributed by atoms with Crippen molar-refractivity contribution in [1.82, 2.24) is 15.5 Å². The lowest BCUT2D eigenvalue weighted by atomic mass is 9.88. The van der Waals surface area contributed by atoms with Crippen molar-refractivity contribution in [3.8, 4) is 0 Å². The highest BCUT2D eigenvalue weighted by Gasteiger charge is 2.31. The summed E-state index contributed by atoms with van der Waals surface area (Å²) in [5.41, 5.74) is -0.414. The van der Waals surface area contributed by atoms with Gasteiger partial charge in [-0.2, -0.15) is 0 Å². The Morgan fingerprint density at radius 3 is 2.42 bits per heavy atom. The maximum atomic E-state index is 13.2. The average molecular weight is 438 g/mol. The molecule has 0 spiro atoms. The minimum atomic E-state index is -0.646. The monoisotopic (exact) mass is 437 g/mol. The van der Waals surface area contributed by atoms with E-state index in [0.717, 1.165) is 45.1 Å². The van der Waals surface area contributed by atoms with Gasteiger partial charge in [-0.15, -0.1) is 0 Å². The first-order valence-corrected chi connectivity index (χ1v) is 12.0. The molecule has 2 aliphatic rings. The Morgan fingerprint density at radius 2 is 1.81 bits per heavy atom. The van der Waals surface area contributed by atoms with Crippen LogP contribution in [0.15, 0.2) is 11.8 Å². The molecule has 1 heterocycles. The van der Waals surface area contributed by atoms with Gasteiger partial charge in [-0.3, -0.25) is 15.0 Å². The molecule has 2 amide bonds. The van der Waals surface area contributed by atoms with Gasteiger partial charge in [0.1, 0.15) is 11.3 Å². The number of allylic oxidation sites excluding steroid dienone is 1. The molecule has 3 N–H and O–H groups in total. The summed E-state index contributed by atoms with van der Waals surface area (Å²) in [7, 11) is 0. The van der Waals surface area contributed by atoms with E-state index in [4.69, 9.17) is 4.74 Å². The molecular formula is C24H43N3O4. The zero-order valence-electron chi connectivity index (χ0n) is 20.1. The van der Waals surface area contributed by atoms with Gasteiger partial charge in [-0.05, 0) is 72.3 Å². The standard InChI is InChI=1S/C24H43N3O4/c1-6-14-27-16-21(28)19(13-12-17(27)2)25-22(29)20(15-18-10-8-7-9-11-18)26-23(30)31-24(3,4)5/h15,17-19,21,28H,6-14,16H2,1-5H3,(H,25,29)(H,26,30)/b20-15+/t17-,19+,21+/m1/s1. The average Bonchev–Trinajstić information content (AvgIpc) is 2.80. The van der Waals surface area contributed by atoms with Gasteiger partial charge in [0, 0.05) is 12.6 Å². The number of likely N-dealkylation sites (tertiary alicyclic amines) is 1. The van der Waals surface area contributed by atoms with Crippen molar-refractivity contribution in [3.05, 3.63) is 11.8 Å². The van der Waals surface area contributed by atoms with Gasteiger partial charge in [-0.25, -0.2) is 4.79 Å². The van der Waals surface area contributed by atoms with E-state index in [9.17, 15) is 14.7 Å². The van der Waals surface area contributed by atoms with E-state index in [1.807, 2.05) is 6.08 Å². The van der Waals surface area contributed by atoms with Gasteiger partial charge < -0.3 is 15.2 Å². The molecule has 178 valence electrons. The SMILES string of the molecule is CCCN1C[C@H](O)[C@@H](NC(=O)/C(=C\C2CCCCC2)NC(=O)OC(C)(C)C)CC[C@H]1C. The van der Waals surface area contributed by atoms with E-state index in [2.05, 4.69) is 29.4 Å². The number of carbonyl (C=O) groups is 2. The molecule has 2 rings (SSSR count). The smallest absolute Gasteiger partial charge is 0.412 e. The molecule has 2 fully saturated rings. The number of nitrogens with zero attached hydrogens (tertiary/aromatic N) is 1. The van der Waals surface area contributed by atoms with Crippen molar-refractivity contribution < 1.29 is 19.4 Å². The van der Waals surface area contributed by atoms with E-state index < -0.39 is 17.8 Å². The fourth-order valence-corrected chi connectivity index (χ4v) is 4.48. The van der Waals surface area contributed by atoms with Gasteiger partial charge >= 0.3 is 6.09 Å². The molecule has 1 saturated carbocycles. The number of rotatable bonds is 6. The summed E-state index contributed by atoms with van der Waals surface area (Å²) in [6, 6.07) is 0.0284. The second kappa shape index (κ2) is 11.9. The predicted molar refractivity (Wildman–Crippen MR) is 123 cm³/mol. The highest BCUT2D eigenvalue weighted by molar-refractivity contribution is 5.96. The molecule has 0 radical (unpaired) electrons. The van der Waals surface area contributed by atoms with Crippen LogP contribution in [0.1, 0.15) is 86.0 Å². The lowest BCUT2D eigenvalue weighted by Crippen LogP contribution is -2.49. The number of ether oxygens (including phenoxy) is 1. The van der Waals surface area contributed by atoms with Gasteiger partial charge in [-0.1, -0.05) is 32.3 Å². The Balaban J connectivity index is 2.10. The number of aliphatic hydroxyl groups is 1. The zero-order valence-corrected chi connectivity index (χ0v) is 20.1. The van der Waals surface area contributed by atoms with Crippen LogP contribution in [0.5, 0.6) is 0 Å². The Hall–Kier alpha value is -1.60. The molecule has 1 aliphatic carbocycles. The van der Waals surface area contributed by atoms with Crippen LogP contribution in [0, 0.1) is 5.92 Å². The summed E-state index contributed by atoms with van der Waals surface area (Å²) >= 11 is 0. The normalized spacial score (nSPS) is 26.8. The Kier molecular flexibility index (Phi) is 9.82. The van der Waals surface area contributed by atoms with Crippen molar-refractivity contribution in [3.63, 3.8) is 0 Å². The van der Waals surface area contributed by atoms with Gasteiger partial charge in [0.05, 0.1) is 12.1 Å². The zero-order chi connectivity index (χ0) is 23.0. The largest absolute Gasteiger partial charge is 0.444 e. The number of β-amino-alcohol motifs (C(OH)–C–C–N with tert-alkyl or cyclic N) is 1. The van der Waals surface area contributed by atoms with Crippen LogP contribution in [0.25, 0.3) is 0 Å². The molecule has 0 bridgehead atoms. The predicted octanol–water partition coefficient (Wildman–Crippen LogP) is 3.72. The Labute approximate surface area is 188 Å². The summed E-state index contributed by atoms with van der Waals surface area (Å²) in [5.74, 6) is -0.0827. The molecule has 7 nitrogen and oxygen atoms in total. The number of alkyl carbamates (subject to hydrolysis) is 1. The lowest BCUT2D eigenvalue weighted by Gasteiger charge is -2.28. The first-order valence-electron chi connectivity index (χ1n) is 12.0. The highest BCUT2D eigenvalue weighted by atomic mass is 16.6. The maximum Gasteiger partial charge on any atom is 0.412 e. The highest BCUT2D eigenvalue weighted by Crippen LogP contribution is 2.26. The summed E-state index contributed by atoms with van der Waals surface area (Å²) in [6.45, 7) is 11.2. The molecule has 0 unspecified atom stereocenters. The van der Waals surface area contributed by atoms with E-state index in [-0.39, 0.29) is 23.6 Å². The topological polar surface area (TPSA) is 90.9 Å². The number of hydrogen-bond acceptors (Lipinski definition) is 5. The summed E-state index contributed by atoms with van der Waals surface area (Å²) < 4.78 is 5.37. The van der Waals surface area contributed by atoms with Crippen molar-refractivity contribution in [2.24, 2.45) is 5.92 Å². The number of aliphatic hydroxyl groups excluding tert-OH is 1. The number of hydrogen-bond donors (Lipinski definition) is 3. The Bertz CT molecular complexity index is 623. The third kappa shape index (κ3) is 8.81. The van der Waals surface area contributed by atoms with Crippen LogP contribution in [-0.4, -0.2) is 58.9 Å². The minimum Gasteiger partial charge on any atom is -0.444 e. The van der Waals surface area contributed by atoms with E-state index in [1.165, 1.54) is 6.42 Å². The van der Waals surface area contributed by atoms with Crippen molar-refractivity contribution in [2.45, 2.75) is 110 Å². The fraction of sp³-hybridized carbons (Fsp3) is 0.833. The molecular weight excluding hydrogens is 394 g/mol. The minimum absolute atomic E-state index is 0.232. The van der Waals surface area contributed by atoms with Crippen molar-refractivity contribution in [1.29, 1.82) is 0 Å². The first-order chi connectivity index (χ1) is 14.6. The van der Waals surface area contributed by atoms with E-state index in [1.54, 1.807) is 20.8 Å². The maximum absolute atomic E-state index is 13.2. The van der Waals surface area contributed by atoms with Gasteiger partial charge in [0.2, 0.25) is 0 Å². The first kappa shape index (κ1) is 25.7. The van der Waals surface area contributed by atoms with E-state index >= 15 is 0 Å². The quantitative estimate of drug-likeness (QED) is 0.551. The second-order valence-electron chi connectivity index (χ2n) is 10.2. The molecule has 1 saturated heterocycles. The number of carbonyl (C=O) groups excluding carboxylic acids is 2. The molecule has 0 aromatic carbocycles. The third-order valence-electron chi connectivity index (χ3n) is 6.16. The van der Waals surface area contributed by atoms with Crippen LogP contribution < -0.4 is 10.6 Å². The van der Waals surface area contributed by atoms with E-state index in [0.29, 0.717) is 19.0 Å². The summed E-state index contributed by atoms with van der Waals surface area (Å²) in [6.07, 6.45) is 8.77. The molecule has 1 aliphatic heterocycles. The van der Waals surface area contributed by atoms with Crippen LogP contribution in [0.2, 0.25) is 0 Å². The molecule has 7 heteroatoms. The van der Waals surface area contributed by atoms with Crippen LogP contribution >= 0.6 is 0 Å². The molecule has 0 aromatic heterocycles. The third-order valence-corrected chi connectivity index (χ3v) is 6.16. The van der Waals surface area contributed by atoms with Crippen LogP contribution in [-0.2, 0) is 9.53 Å². The number of amides is 2.